The molecule has 0 radical (unpaired) electrons. The van der Waals surface area contributed by atoms with E-state index in [4.69, 9.17) is 4.74 Å². The Morgan fingerprint density at radius 1 is 1.28 bits per heavy atom. The van der Waals surface area contributed by atoms with Gasteiger partial charge in [-0.3, -0.25) is 4.99 Å². The average molecular weight is 410 g/mol. The van der Waals surface area contributed by atoms with E-state index >= 15 is 0 Å². The van der Waals surface area contributed by atoms with Crippen LogP contribution in [0.5, 0.6) is 11.5 Å². The van der Waals surface area contributed by atoms with Crippen molar-refractivity contribution < 1.29 is 18.3 Å². The molecule has 0 bridgehead atoms. The minimum absolute atomic E-state index is 0.0774. The lowest BCUT2D eigenvalue weighted by Crippen LogP contribution is -2.38. The van der Waals surface area contributed by atoms with Gasteiger partial charge in [-0.1, -0.05) is 13.8 Å². The molecule has 0 saturated heterocycles. The van der Waals surface area contributed by atoms with Crippen molar-refractivity contribution in [2.45, 2.75) is 46.4 Å². The first kappa shape index (κ1) is 22.4. The average Bonchev–Trinajstić information content (AvgIpc) is 3.17. The summed E-state index contributed by atoms with van der Waals surface area (Å²) >= 11 is 0. The summed E-state index contributed by atoms with van der Waals surface area (Å²) < 4.78 is 37.7. The van der Waals surface area contributed by atoms with E-state index in [2.05, 4.69) is 30.6 Å². The third-order valence-corrected chi connectivity index (χ3v) is 4.05. The Morgan fingerprint density at radius 3 is 2.79 bits per heavy atom. The predicted molar refractivity (Wildman–Crippen MR) is 106 cm³/mol. The van der Waals surface area contributed by atoms with Gasteiger partial charge in [0.05, 0.1) is 6.61 Å². The number of benzene rings is 1. The maximum atomic E-state index is 12.8. The Kier molecular flexibility index (Phi) is 9.13. The molecule has 0 amide bonds. The van der Waals surface area contributed by atoms with Crippen molar-refractivity contribution in [2.24, 2.45) is 4.99 Å². The number of aliphatic imine (C=N–C) groups is 1. The van der Waals surface area contributed by atoms with E-state index in [1.807, 2.05) is 18.4 Å². The summed E-state index contributed by atoms with van der Waals surface area (Å²) in [6.07, 6.45) is 3.32. The van der Waals surface area contributed by atoms with Gasteiger partial charge in [-0.2, -0.15) is 8.78 Å². The number of nitrogens with one attached hydrogen (secondary N) is 2. The number of aromatic nitrogens is 3. The van der Waals surface area contributed by atoms with Gasteiger partial charge in [-0.25, -0.2) is 0 Å². The Hall–Kier alpha value is -2.91. The highest BCUT2D eigenvalue weighted by molar-refractivity contribution is 5.79. The smallest absolute Gasteiger partial charge is 0.387 e. The molecule has 0 saturated carbocycles. The fraction of sp³-hybridized carbons (Fsp3) is 0.526. The van der Waals surface area contributed by atoms with Gasteiger partial charge >= 0.3 is 6.61 Å². The molecule has 160 valence electrons. The number of aryl methyl sites for hydroxylation is 1. The molecule has 8 nitrogen and oxygen atoms in total. The number of nitrogens with zero attached hydrogens (tertiary/aromatic N) is 4. The molecule has 0 aliphatic carbocycles. The normalized spacial score (nSPS) is 11.6. The second kappa shape index (κ2) is 11.8. The molecule has 10 heteroatoms. The van der Waals surface area contributed by atoms with Crippen molar-refractivity contribution in [3.63, 3.8) is 0 Å². The fourth-order valence-electron chi connectivity index (χ4n) is 2.63. The number of ether oxygens (including phenoxy) is 2. The van der Waals surface area contributed by atoms with E-state index in [-0.39, 0.29) is 12.3 Å². The summed E-state index contributed by atoms with van der Waals surface area (Å²) in [6, 6.07) is 4.92. The zero-order chi connectivity index (χ0) is 21.1. The second-order valence-electron chi connectivity index (χ2n) is 6.14. The molecule has 0 spiro atoms. The van der Waals surface area contributed by atoms with Gasteiger partial charge in [0.25, 0.3) is 0 Å². The molecule has 1 heterocycles. The number of rotatable bonds is 11. The molecule has 0 aliphatic heterocycles. The molecule has 2 rings (SSSR count). The quantitative estimate of drug-likeness (QED) is 0.438. The van der Waals surface area contributed by atoms with Crippen LogP contribution in [0.25, 0.3) is 0 Å². The second-order valence-corrected chi connectivity index (χ2v) is 6.14. The maximum Gasteiger partial charge on any atom is 0.387 e. The van der Waals surface area contributed by atoms with Crippen LogP contribution >= 0.6 is 0 Å². The van der Waals surface area contributed by atoms with E-state index < -0.39 is 6.61 Å². The number of alkyl halides is 2. The summed E-state index contributed by atoms with van der Waals surface area (Å²) in [4.78, 5) is 4.15. The van der Waals surface area contributed by atoms with Crippen molar-refractivity contribution in [1.29, 1.82) is 0 Å². The first-order valence-corrected chi connectivity index (χ1v) is 9.59. The minimum atomic E-state index is -2.91. The lowest BCUT2D eigenvalue weighted by molar-refractivity contribution is -0.0505. The standard InChI is InChI=1S/C19H28F2N6O2/c1-4-10-28-15-7-6-14(16(11-15)29-18(20)21)12-24-19(22-3)23-8-9-27-13-25-26-17(27)5-2/h6-7,11,13,18H,4-5,8-10,12H2,1-3H3,(H2,22,23,24). The minimum Gasteiger partial charge on any atom is -0.493 e. The fourth-order valence-corrected chi connectivity index (χ4v) is 2.63. The Bertz CT molecular complexity index is 782. The Morgan fingerprint density at radius 2 is 2.10 bits per heavy atom. The first-order valence-electron chi connectivity index (χ1n) is 9.59. The van der Waals surface area contributed by atoms with Crippen LogP contribution in [-0.4, -0.2) is 47.5 Å². The third kappa shape index (κ3) is 7.20. The van der Waals surface area contributed by atoms with Gasteiger partial charge in [-0.15, -0.1) is 10.2 Å². The predicted octanol–water partition coefficient (Wildman–Crippen LogP) is 2.60. The van der Waals surface area contributed by atoms with E-state index in [1.165, 1.54) is 6.07 Å². The van der Waals surface area contributed by atoms with Gasteiger partial charge in [0.2, 0.25) is 0 Å². The molecule has 0 fully saturated rings. The highest BCUT2D eigenvalue weighted by atomic mass is 19.3. The lowest BCUT2D eigenvalue weighted by atomic mass is 10.2. The van der Waals surface area contributed by atoms with Crippen LogP contribution in [0.4, 0.5) is 8.78 Å². The highest BCUT2D eigenvalue weighted by Crippen LogP contribution is 2.26. The molecule has 0 unspecified atom stereocenters. The van der Waals surface area contributed by atoms with Gasteiger partial charge in [0, 0.05) is 44.7 Å². The molecule has 2 N–H and O–H groups in total. The molecule has 0 atom stereocenters. The van der Waals surface area contributed by atoms with E-state index in [0.717, 1.165) is 18.7 Å². The van der Waals surface area contributed by atoms with Crippen LogP contribution in [0.2, 0.25) is 0 Å². The van der Waals surface area contributed by atoms with E-state index in [9.17, 15) is 8.78 Å². The van der Waals surface area contributed by atoms with Gasteiger partial charge in [-0.05, 0) is 18.6 Å². The molecular formula is C19H28F2N6O2. The largest absolute Gasteiger partial charge is 0.493 e. The van der Waals surface area contributed by atoms with Crippen LogP contribution in [0.3, 0.4) is 0 Å². The summed E-state index contributed by atoms with van der Waals surface area (Å²) in [7, 11) is 1.64. The SMILES string of the molecule is CCCOc1ccc(CNC(=NC)NCCn2cnnc2CC)c(OC(F)F)c1. The molecular weight excluding hydrogens is 382 g/mol. The number of guanidine groups is 1. The summed E-state index contributed by atoms with van der Waals surface area (Å²) in [5.41, 5.74) is 0.573. The number of hydrogen-bond donors (Lipinski definition) is 2. The van der Waals surface area contributed by atoms with Crippen LogP contribution < -0.4 is 20.1 Å². The summed E-state index contributed by atoms with van der Waals surface area (Å²) in [5.74, 6) is 2.03. The first-order chi connectivity index (χ1) is 14.1. The van der Waals surface area contributed by atoms with Crippen molar-refractivity contribution in [3.8, 4) is 11.5 Å². The van der Waals surface area contributed by atoms with Crippen LogP contribution in [0, 0.1) is 0 Å². The molecule has 1 aromatic heterocycles. The molecule has 1 aromatic carbocycles. The van der Waals surface area contributed by atoms with Gasteiger partial charge in [0.1, 0.15) is 23.7 Å². The van der Waals surface area contributed by atoms with E-state index in [1.54, 1.807) is 25.5 Å². The summed E-state index contributed by atoms with van der Waals surface area (Å²) in [6.45, 7) is 3.14. The van der Waals surface area contributed by atoms with Crippen molar-refractivity contribution in [1.82, 2.24) is 25.4 Å². The lowest BCUT2D eigenvalue weighted by Gasteiger charge is -2.16. The van der Waals surface area contributed by atoms with Crippen molar-refractivity contribution in [3.05, 3.63) is 35.9 Å². The van der Waals surface area contributed by atoms with E-state index in [0.29, 0.717) is 37.0 Å². The Labute approximate surface area is 169 Å². The summed E-state index contributed by atoms with van der Waals surface area (Å²) in [5, 5.41) is 14.2. The zero-order valence-corrected chi connectivity index (χ0v) is 17.0. The van der Waals surface area contributed by atoms with Crippen LogP contribution in [0.1, 0.15) is 31.7 Å². The topological polar surface area (TPSA) is 85.6 Å². The maximum absolute atomic E-state index is 12.8. The van der Waals surface area contributed by atoms with Gasteiger partial charge in [0.15, 0.2) is 5.96 Å². The Balaban J connectivity index is 1.93. The van der Waals surface area contributed by atoms with Gasteiger partial charge < -0.3 is 24.7 Å². The monoisotopic (exact) mass is 410 g/mol. The van der Waals surface area contributed by atoms with Crippen molar-refractivity contribution >= 4 is 5.96 Å². The molecule has 29 heavy (non-hydrogen) atoms. The highest BCUT2D eigenvalue weighted by Gasteiger charge is 2.12. The van der Waals surface area contributed by atoms with Crippen LogP contribution in [-0.2, 0) is 19.5 Å². The number of halogens is 2. The third-order valence-electron chi connectivity index (χ3n) is 4.05. The number of hydrogen-bond acceptors (Lipinski definition) is 5. The van der Waals surface area contributed by atoms with Crippen LogP contribution in [0.15, 0.2) is 29.5 Å². The van der Waals surface area contributed by atoms with Crippen molar-refractivity contribution in [2.75, 3.05) is 20.2 Å². The zero-order valence-electron chi connectivity index (χ0n) is 17.0. The molecule has 2 aromatic rings. The molecule has 0 aliphatic rings.